The monoisotopic (exact) mass is 542 g/mol. The normalized spacial score (nSPS) is 34.3. The molecule has 0 radical (unpaired) electrons. The van der Waals surface area contributed by atoms with Crippen LogP contribution in [0.4, 0.5) is 5.82 Å². The molecule has 2 N–H and O–H groups in total. The van der Waals surface area contributed by atoms with Gasteiger partial charge in [0.25, 0.3) is 0 Å². The first-order chi connectivity index (χ1) is 18.1. The van der Waals surface area contributed by atoms with Crippen molar-refractivity contribution in [2.75, 3.05) is 18.9 Å². The molecule has 3 aliphatic heterocycles. The number of rotatable bonds is 5. The standard InChI is InChI=1S/C24H27N6O7P/c1-23(2)35-19-17(11-33-38(31)32-9-8-16(36-38)15-6-4-14(10-25)5-7-15)34-22(24(19,3)37-23)30-13-29-18-20(26)27-12-28-21(18)30/h4-7,12-13,16-17,19,22H,8-9,11H2,1-3H3,(H2,26,27,28)/t16?,17-,19-,22-,24-,38?/m1/s1. The second-order valence-corrected chi connectivity index (χ2v) is 11.6. The average molecular weight is 542 g/mol. The number of nitrogens with two attached hydrogens (primary N) is 1. The number of phosphoric ester groups is 1. The van der Waals surface area contributed by atoms with Crippen LogP contribution in [0.25, 0.3) is 11.2 Å². The number of aromatic nitrogens is 4. The molecule has 0 aliphatic carbocycles. The molecule has 200 valence electrons. The lowest BCUT2D eigenvalue weighted by Crippen LogP contribution is -2.42. The highest BCUT2D eigenvalue weighted by Crippen LogP contribution is 2.58. The zero-order chi connectivity index (χ0) is 26.7. The molecule has 3 aromatic rings. The highest BCUT2D eigenvalue weighted by molar-refractivity contribution is 7.48. The molecule has 38 heavy (non-hydrogen) atoms. The molecule has 13 nitrogen and oxygen atoms in total. The largest absolute Gasteiger partial charge is 0.475 e. The van der Waals surface area contributed by atoms with E-state index in [1.54, 1.807) is 35.2 Å². The van der Waals surface area contributed by atoms with Gasteiger partial charge >= 0.3 is 7.82 Å². The summed E-state index contributed by atoms with van der Waals surface area (Å²) in [6.45, 7) is 5.55. The van der Waals surface area contributed by atoms with Crippen LogP contribution in [-0.4, -0.2) is 56.3 Å². The van der Waals surface area contributed by atoms with Crippen LogP contribution in [0.15, 0.2) is 36.9 Å². The Morgan fingerprint density at radius 1 is 1.24 bits per heavy atom. The van der Waals surface area contributed by atoms with Gasteiger partial charge in [-0.15, -0.1) is 0 Å². The van der Waals surface area contributed by atoms with Gasteiger partial charge < -0.3 is 19.9 Å². The van der Waals surface area contributed by atoms with Crippen molar-refractivity contribution in [1.82, 2.24) is 19.5 Å². The summed E-state index contributed by atoms with van der Waals surface area (Å²) in [6.07, 6.45) is 0.945. The molecule has 14 heteroatoms. The first-order valence-corrected chi connectivity index (χ1v) is 13.6. The average Bonchev–Trinajstić information content (AvgIpc) is 3.50. The number of fused-ring (bicyclic) bond motifs is 2. The van der Waals surface area contributed by atoms with Crippen molar-refractivity contribution in [3.05, 3.63) is 48.0 Å². The van der Waals surface area contributed by atoms with Gasteiger partial charge in [0.15, 0.2) is 23.5 Å². The molecular weight excluding hydrogens is 515 g/mol. The van der Waals surface area contributed by atoms with Gasteiger partial charge in [-0.3, -0.25) is 18.1 Å². The van der Waals surface area contributed by atoms with Crippen LogP contribution in [0.5, 0.6) is 0 Å². The number of phosphoric acid groups is 1. The maximum atomic E-state index is 13.4. The fourth-order valence-corrected chi connectivity index (χ4v) is 6.69. The van der Waals surface area contributed by atoms with Gasteiger partial charge in [-0.25, -0.2) is 19.5 Å². The van der Waals surface area contributed by atoms with Gasteiger partial charge in [-0.05, 0) is 38.5 Å². The van der Waals surface area contributed by atoms with Crippen molar-refractivity contribution in [3.8, 4) is 6.07 Å². The van der Waals surface area contributed by atoms with Crippen molar-refractivity contribution in [1.29, 1.82) is 5.26 Å². The van der Waals surface area contributed by atoms with Gasteiger partial charge in [-0.2, -0.15) is 5.26 Å². The number of nitrogen functional groups attached to an aromatic ring is 1. The lowest BCUT2D eigenvalue weighted by atomic mass is 9.96. The van der Waals surface area contributed by atoms with Gasteiger partial charge in [0.1, 0.15) is 29.7 Å². The van der Waals surface area contributed by atoms with Gasteiger partial charge in [-0.1, -0.05) is 12.1 Å². The van der Waals surface area contributed by atoms with E-state index in [0.717, 1.165) is 5.56 Å². The third kappa shape index (κ3) is 4.28. The molecule has 0 bridgehead atoms. The number of hydrogen-bond acceptors (Lipinski definition) is 12. The summed E-state index contributed by atoms with van der Waals surface area (Å²) in [7, 11) is -3.92. The Kier molecular flexibility index (Phi) is 6.04. The van der Waals surface area contributed by atoms with Crippen molar-refractivity contribution < 1.29 is 32.3 Å². The molecule has 0 saturated carbocycles. The number of hydrogen-bond donors (Lipinski definition) is 1. The number of ether oxygens (including phenoxy) is 3. The Balaban J connectivity index is 1.23. The zero-order valence-electron chi connectivity index (χ0n) is 21.0. The third-order valence-electron chi connectivity index (χ3n) is 6.91. The Morgan fingerprint density at radius 3 is 2.79 bits per heavy atom. The summed E-state index contributed by atoms with van der Waals surface area (Å²) in [5.41, 5.74) is 7.24. The molecule has 5 heterocycles. The molecule has 6 atom stereocenters. The minimum absolute atomic E-state index is 0.142. The number of anilines is 1. The fraction of sp³-hybridized carbons (Fsp3) is 0.500. The van der Waals surface area contributed by atoms with Crippen LogP contribution < -0.4 is 5.73 Å². The summed E-state index contributed by atoms with van der Waals surface area (Å²) in [4.78, 5) is 12.7. The summed E-state index contributed by atoms with van der Waals surface area (Å²) in [5.74, 6) is -0.661. The third-order valence-corrected chi connectivity index (χ3v) is 8.38. The van der Waals surface area contributed by atoms with Crippen molar-refractivity contribution in [2.24, 2.45) is 0 Å². The topological polar surface area (TPSA) is 166 Å². The van der Waals surface area contributed by atoms with E-state index in [4.69, 9.17) is 38.8 Å². The summed E-state index contributed by atoms with van der Waals surface area (Å²) < 4.78 is 51.1. The van der Waals surface area contributed by atoms with E-state index in [1.165, 1.54) is 6.33 Å². The number of imidazole rings is 1. The Labute approximate surface area is 218 Å². The molecule has 2 unspecified atom stereocenters. The maximum Gasteiger partial charge on any atom is 0.475 e. The van der Waals surface area contributed by atoms with E-state index >= 15 is 0 Å². The molecular formula is C24H27N6O7P. The van der Waals surface area contributed by atoms with E-state index < -0.39 is 43.8 Å². The molecule has 1 aromatic carbocycles. The maximum absolute atomic E-state index is 13.4. The zero-order valence-corrected chi connectivity index (χ0v) is 21.9. The number of nitrogens with zero attached hydrogens (tertiary/aromatic N) is 5. The second-order valence-electron chi connectivity index (χ2n) is 10.0. The predicted octanol–water partition coefficient (Wildman–Crippen LogP) is 3.39. The van der Waals surface area contributed by atoms with Crippen LogP contribution in [0.1, 0.15) is 50.7 Å². The first kappa shape index (κ1) is 25.3. The minimum atomic E-state index is -3.92. The van der Waals surface area contributed by atoms with E-state index in [9.17, 15) is 4.57 Å². The van der Waals surface area contributed by atoms with Crippen molar-refractivity contribution in [2.45, 2.75) is 63.1 Å². The highest BCUT2D eigenvalue weighted by Gasteiger charge is 2.64. The highest BCUT2D eigenvalue weighted by atomic mass is 31.2. The molecule has 2 aromatic heterocycles. The number of nitriles is 1. The predicted molar refractivity (Wildman–Crippen MR) is 131 cm³/mol. The molecule has 3 saturated heterocycles. The molecule has 3 fully saturated rings. The molecule has 6 rings (SSSR count). The summed E-state index contributed by atoms with van der Waals surface area (Å²) in [6, 6.07) is 8.99. The van der Waals surface area contributed by atoms with E-state index in [0.29, 0.717) is 23.1 Å². The quantitative estimate of drug-likeness (QED) is 0.468. The van der Waals surface area contributed by atoms with Crippen molar-refractivity contribution >= 4 is 24.8 Å². The molecule has 3 aliphatic rings. The fourth-order valence-electron chi connectivity index (χ4n) is 5.30. The van der Waals surface area contributed by atoms with E-state index in [2.05, 4.69) is 21.0 Å². The number of benzene rings is 1. The summed E-state index contributed by atoms with van der Waals surface area (Å²) in [5, 5.41) is 9.04. The van der Waals surface area contributed by atoms with Crippen LogP contribution in [0.2, 0.25) is 0 Å². The Bertz CT molecular complexity index is 1460. The van der Waals surface area contributed by atoms with Gasteiger partial charge in [0.05, 0.1) is 37.3 Å². The van der Waals surface area contributed by atoms with Crippen LogP contribution in [-0.2, 0) is 32.3 Å². The van der Waals surface area contributed by atoms with E-state index in [1.807, 2.05) is 20.8 Å². The first-order valence-electron chi connectivity index (χ1n) is 12.1. The van der Waals surface area contributed by atoms with Crippen molar-refractivity contribution in [3.63, 3.8) is 0 Å². The SMILES string of the molecule is CC1(C)O[C@@H]2[C@@H](COP3(=O)OCCC(c4ccc(C#N)cc4)O3)O[C@@H](n3cnc4c(N)ncnc43)[C@]2(C)O1. The van der Waals surface area contributed by atoms with Crippen LogP contribution in [0, 0.1) is 11.3 Å². The van der Waals surface area contributed by atoms with Crippen LogP contribution in [0.3, 0.4) is 0 Å². The summed E-state index contributed by atoms with van der Waals surface area (Å²) >= 11 is 0. The van der Waals surface area contributed by atoms with Gasteiger partial charge in [0, 0.05) is 6.42 Å². The second kappa shape index (κ2) is 9.07. The molecule has 0 amide bonds. The Hall–Kier alpha value is -2.95. The van der Waals surface area contributed by atoms with Crippen LogP contribution >= 0.6 is 7.82 Å². The Morgan fingerprint density at radius 2 is 2.03 bits per heavy atom. The lowest BCUT2D eigenvalue weighted by molar-refractivity contribution is -0.217. The smallest absolute Gasteiger partial charge is 0.382 e. The van der Waals surface area contributed by atoms with E-state index in [-0.39, 0.29) is 19.0 Å². The minimum Gasteiger partial charge on any atom is -0.382 e. The lowest BCUT2D eigenvalue weighted by Gasteiger charge is -2.30. The van der Waals surface area contributed by atoms with Gasteiger partial charge in [0.2, 0.25) is 0 Å². The molecule has 0 spiro atoms.